The van der Waals surface area contributed by atoms with Gasteiger partial charge in [0.15, 0.2) is 17.3 Å². The lowest BCUT2D eigenvalue weighted by molar-refractivity contribution is 0.0678. The lowest BCUT2D eigenvalue weighted by atomic mass is 9.99. The molecule has 1 aromatic heterocycles. The predicted molar refractivity (Wildman–Crippen MR) is 132 cm³/mol. The number of H-pyrrole nitrogens is 1. The maximum atomic E-state index is 14.0. The van der Waals surface area contributed by atoms with E-state index in [0.29, 0.717) is 27.1 Å². The number of aliphatic hydroxyl groups is 1. The number of rotatable bonds is 7. The Labute approximate surface area is 216 Å². The number of tetrazole rings is 1. The van der Waals surface area contributed by atoms with Gasteiger partial charge in [-0.3, -0.25) is 4.31 Å². The fourth-order valence-corrected chi connectivity index (χ4v) is 5.74. The Morgan fingerprint density at radius 3 is 2.58 bits per heavy atom. The molecule has 10 nitrogen and oxygen atoms in total. The molecule has 0 spiro atoms. The number of nitrogens with zero attached hydrogens (tertiary/aromatic N) is 4. The first-order valence-electron chi connectivity index (χ1n) is 10.7. The Morgan fingerprint density at radius 2 is 1.83 bits per heavy atom. The Bertz CT molecular complexity index is 1520. The van der Waals surface area contributed by atoms with E-state index in [2.05, 4.69) is 20.6 Å². The number of hydrogen-bond acceptors (Lipinski definition) is 8. The van der Waals surface area contributed by atoms with Crippen molar-refractivity contribution in [3.8, 4) is 11.5 Å². The van der Waals surface area contributed by atoms with Gasteiger partial charge >= 0.3 is 0 Å². The SMILES string of the molecule is CC1Oc2ccc(S(=O)(=O)N(Cc3nn[nH]n3)c3ccc(Cl)cc3C(O)c3ccccc3Cl)cc2O1. The van der Waals surface area contributed by atoms with Crippen LogP contribution in [0.4, 0.5) is 5.69 Å². The summed E-state index contributed by atoms with van der Waals surface area (Å²) in [6.45, 7) is 1.42. The number of aliphatic hydroxyl groups excluding tert-OH is 1. The molecule has 0 saturated carbocycles. The van der Waals surface area contributed by atoms with Gasteiger partial charge in [-0.2, -0.15) is 5.21 Å². The third-order valence-corrected chi connectivity index (χ3v) is 7.85. The van der Waals surface area contributed by atoms with Gasteiger partial charge < -0.3 is 14.6 Å². The number of sulfonamides is 1. The molecular formula is C23H19Cl2N5O5S. The third-order valence-electron chi connectivity index (χ3n) is 5.52. The molecule has 186 valence electrons. The molecular weight excluding hydrogens is 529 g/mol. The number of nitrogens with one attached hydrogen (secondary N) is 1. The molecule has 0 amide bonds. The van der Waals surface area contributed by atoms with Crippen molar-refractivity contribution in [2.75, 3.05) is 4.31 Å². The highest BCUT2D eigenvalue weighted by Crippen LogP contribution is 2.40. The summed E-state index contributed by atoms with van der Waals surface area (Å²) in [7, 11) is -4.24. The van der Waals surface area contributed by atoms with Crippen molar-refractivity contribution < 1.29 is 23.0 Å². The van der Waals surface area contributed by atoms with Gasteiger partial charge in [0.2, 0.25) is 6.29 Å². The van der Waals surface area contributed by atoms with E-state index in [4.69, 9.17) is 32.7 Å². The normalized spacial score (nSPS) is 15.6. The monoisotopic (exact) mass is 547 g/mol. The van der Waals surface area contributed by atoms with E-state index in [9.17, 15) is 13.5 Å². The van der Waals surface area contributed by atoms with Gasteiger partial charge in [-0.1, -0.05) is 46.6 Å². The average Bonchev–Trinajstić information content (AvgIpc) is 3.50. The second-order valence-corrected chi connectivity index (χ2v) is 10.6. The van der Waals surface area contributed by atoms with Crippen LogP contribution in [0.1, 0.15) is 30.0 Å². The van der Waals surface area contributed by atoms with E-state index in [1.165, 1.54) is 36.4 Å². The number of aromatic nitrogens is 4. The van der Waals surface area contributed by atoms with Crippen molar-refractivity contribution >= 4 is 38.9 Å². The van der Waals surface area contributed by atoms with Crippen LogP contribution in [0, 0.1) is 0 Å². The van der Waals surface area contributed by atoms with Crippen molar-refractivity contribution in [2.45, 2.75) is 30.8 Å². The highest BCUT2D eigenvalue weighted by atomic mass is 35.5. The zero-order chi connectivity index (χ0) is 25.4. The van der Waals surface area contributed by atoms with E-state index in [1.807, 2.05) is 0 Å². The number of fused-ring (bicyclic) bond motifs is 1. The van der Waals surface area contributed by atoms with Crippen LogP contribution in [0.25, 0.3) is 0 Å². The zero-order valence-electron chi connectivity index (χ0n) is 18.7. The van der Waals surface area contributed by atoms with Gasteiger partial charge in [0.05, 0.1) is 17.1 Å². The Morgan fingerprint density at radius 1 is 1.06 bits per heavy atom. The molecule has 2 heterocycles. The standard InChI is InChI=1S/C23H19Cl2N5O5S/c1-13-34-20-9-7-15(11-21(20)35-13)36(32,33)30(12-22-26-28-29-27-22)19-8-6-14(24)10-17(19)23(31)16-4-2-3-5-18(16)25/h2-11,13,23,31H,12H2,1H3,(H,26,27,28,29). The van der Waals surface area contributed by atoms with Gasteiger partial charge in [0, 0.05) is 34.2 Å². The second-order valence-electron chi connectivity index (χ2n) is 7.88. The number of aromatic amines is 1. The minimum absolute atomic E-state index is 0.0596. The van der Waals surface area contributed by atoms with Gasteiger partial charge in [0.25, 0.3) is 10.0 Å². The van der Waals surface area contributed by atoms with E-state index < -0.39 is 22.4 Å². The van der Waals surface area contributed by atoms with Crippen molar-refractivity contribution in [3.05, 3.63) is 87.7 Å². The van der Waals surface area contributed by atoms with Crippen LogP contribution in [0.2, 0.25) is 10.0 Å². The molecule has 36 heavy (non-hydrogen) atoms. The topological polar surface area (TPSA) is 131 Å². The quantitative estimate of drug-likeness (QED) is 0.353. The summed E-state index contributed by atoms with van der Waals surface area (Å²) in [5.74, 6) is 0.851. The molecule has 13 heteroatoms. The van der Waals surface area contributed by atoms with Crippen molar-refractivity contribution in [3.63, 3.8) is 0 Å². The van der Waals surface area contributed by atoms with Crippen LogP contribution in [0.5, 0.6) is 11.5 Å². The number of halogens is 2. The van der Waals surface area contributed by atoms with Crippen LogP contribution in [0.15, 0.2) is 65.6 Å². The Balaban J connectivity index is 1.65. The molecule has 0 saturated heterocycles. The number of anilines is 1. The number of ether oxygens (including phenoxy) is 2. The summed E-state index contributed by atoms with van der Waals surface area (Å²) < 4.78 is 40.2. The first-order valence-corrected chi connectivity index (χ1v) is 12.9. The molecule has 4 aromatic rings. The van der Waals surface area contributed by atoms with E-state index >= 15 is 0 Å². The first kappa shape index (κ1) is 24.3. The number of benzene rings is 3. The minimum Gasteiger partial charge on any atom is -0.451 e. The summed E-state index contributed by atoms with van der Waals surface area (Å²) in [5, 5.41) is 25.6. The molecule has 2 unspecified atom stereocenters. The highest BCUT2D eigenvalue weighted by Gasteiger charge is 2.32. The minimum atomic E-state index is -4.24. The van der Waals surface area contributed by atoms with E-state index in [1.54, 1.807) is 31.2 Å². The Kier molecular flexibility index (Phi) is 6.47. The van der Waals surface area contributed by atoms with Crippen LogP contribution in [-0.4, -0.2) is 40.4 Å². The lowest BCUT2D eigenvalue weighted by Crippen LogP contribution is -2.32. The third kappa shape index (κ3) is 4.58. The van der Waals surface area contributed by atoms with Crippen LogP contribution < -0.4 is 13.8 Å². The largest absolute Gasteiger partial charge is 0.451 e. The average molecular weight is 548 g/mol. The smallest absolute Gasteiger partial charge is 0.264 e. The molecule has 3 aromatic carbocycles. The lowest BCUT2D eigenvalue weighted by Gasteiger charge is -2.27. The molecule has 1 aliphatic rings. The van der Waals surface area contributed by atoms with Gasteiger partial charge in [0.1, 0.15) is 6.10 Å². The molecule has 1 aliphatic heterocycles. The molecule has 0 aliphatic carbocycles. The first-order chi connectivity index (χ1) is 17.2. The van der Waals surface area contributed by atoms with Gasteiger partial charge in [-0.05, 0) is 36.4 Å². The summed E-state index contributed by atoms with van der Waals surface area (Å²) in [4.78, 5) is -0.0596. The van der Waals surface area contributed by atoms with Crippen molar-refractivity contribution in [1.82, 2.24) is 20.6 Å². The maximum absolute atomic E-state index is 14.0. The predicted octanol–water partition coefficient (Wildman–Crippen LogP) is 4.10. The van der Waals surface area contributed by atoms with Crippen LogP contribution >= 0.6 is 23.2 Å². The van der Waals surface area contributed by atoms with E-state index in [0.717, 1.165) is 4.31 Å². The number of hydrogen-bond donors (Lipinski definition) is 2. The van der Waals surface area contributed by atoms with E-state index in [-0.39, 0.29) is 28.5 Å². The maximum Gasteiger partial charge on any atom is 0.264 e. The fourth-order valence-electron chi connectivity index (χ4n) is 3.86. The van der Waals surface area contributed by atoms with Crippen LogP contribution in [0.3, 0.4) is 0 Å². The Hall–Kier alpha value is -3.38. The van der Waals surface area contributed by atoms with Crippen molar-refractivity contribution in [1.29, 1.82) is 0 Å². The molecule has 2 N–H and O–H groups in total. The fraction of sp³-hybridized carbons (Fsp3) is 0.174. The molecule has 2 atom stereocenters. The summed E-state index contributed by atoms with van der Waals surface area (Å²) in [6.07, 6.45) is -1.82. The molecule has 0 radical (unpaired) electrons. The summed E-state index contributed by atoms with van der Waals surface area (Å²) >= 11 is 12.6. The molecule has 0 fully saturated rings. The second kappa shape index (κ2) is 9.58. The zero-order valence-corrected chi connectivity index (χ0v) is 21.0. The van der Waals surface area contributed by atoms with Crippen LogP contribution in [-0.2, 0) is 16.6 Å². The van der Waals surface area contributed by atoms with Crippen molar-refractivity contribution in [2.24, 2.45) is 0 Å². The summed E-state index contributed by atoms with van der Waals surface area (Å²) in [5.41, 5.74) is 0.761. The molecule has 0 bridgehead atoms. The summed E-state index contributed by atoms with van der Waals surface area (Å²) in [6, 6.07) is 15.6. The van der Waals surface area contributed by atoms with Gasteiger partial charge in [-0.15, -0.1) is 10.2 Å². The highest BCUT2D eigenvalue weighted by molar-refractivity contribution is 7.92. The van der Waals surface area contributed by atoms with Gasteiger partial charge in [-0.25, -0.2) is 8.42 Å². The molecule has 5 rings (SSSR count).